The van der Waals surface area contributed by atoms with Gasteiger partial charge in [0, 0.05) is 50.8 Å². The van der Waals surface area contributed by atoms with Gasteiger partial charge in [0.05, 0.1) is 13.2 Å². The minimum Gasteiger partial charge on any atom is -0.379 e. The van der Waals surface area contributed by atoms with E-state index in [2.05, 4.69) is 27.2 Å². The molecular weight excluding hydrogens is 322 g/mol. The molecule has 6 heteroatoms. The normalized spacial score (nSPS) is 21.3. The lowest BCUT2D eigenvalue weighted by Crippen LogP contribution is -2.46. The summed E-state index contributed by atoms with van der Waals surface area (Å²) in [5.41, 5.74) is 1.09. The standard InChI is InChI=1S/C18H27N3O2S/c22-18(19-6-7-20-8-12-23-13-9-20)17(16-4-2-1-3-5-16)21-10-14-24-15-11-21/h1-5,17H,6-15H2,(H,19,22). The molecule has 0 spiro atoms. The molecule has 1 unspecified atom stereocenters. The minimum absolute atomic E-state index is 0.126. The van der Waals surface area contributed by atoms with Crippen LogP contribution in [0.15, 0.2) is 30.3 Å². The lowest BCUT2D eigenvalue weighted by atomic mass is 10.0. The van der Waals surface area contributed by atoms with E-state index in [9.17, 15) is 4.79 Å². The van der Waals surface area contributed by atoms with Gasteiger partial charge in [-0.1, -0.05) is 30.3 Å². The molecule has 2 aliphatic rings. The molecule has 2 fully saturated rings. The summed E-state index contributed by atoms with van der Waals surface area (Å²) in [6.45, 7) is 7.06. The summed E-state index contributed by atoms with van der Waals surface area (Å²) in [5.74, 6) is 2.33. The first kappa shape index (κ1) is 17.7. The highest BCUT2D eigenvalue weighted by atomic mass is 32.2. The van der Waals surface area contributed by atoms with Crippen LogP contribution >= 0.6 is 11.8 Å². The van der Waals surface area contributed by atoms with Crippen LogP contribution in [0.5, 0.6) is 0 Å². The second kappa shape index (κ2) is 9.42. The van der Waals surface area contributed by atoms with Gasteiger partial charge in [-0.3, -0.25) is 14.6 Å². The molecule has 0 aliphatic carbocycles. The summed E-state index contributed by atoms with van der Waals surface area (Å²) in [6.07, 6.45) is 0. The van der Waals surface area contributed by atoms with E-state index in [1.54, 1.807) is 0 Å². The Morgan fingerprint density at radius 3 is 2.54 bits per heavy atom. The number of morpholine rings is 1. The molecule has 0 radical (unpaired) electrons. The number of thioether (sulfide) groups is 1. The third kappa shape index (κ3) is 4.96. The van der Waals surface area contributed by atoms with Gasteiger partial charge in [-0.2, -0.15) is 11.8 Å². The van der Waals surface area contributed by atoms with Gasteiger partial charge in [0.2, 0.25) is 5.91 Å². The predicted octanol–water partition coefficient (Wildman–Crippen LogP) is 1.22. The second-order valence-corrected chi connectivity index (χ2v) is 7.43. The summed E-state index contributed by atoms with van der Waals surface area (Å²) in [7, 11) is 0. The Morgan fingerprint density at radius 1 is 1.12 bits per heavy atom. The quantitative estimate of drug-likeness (QED) is 0.837. The summed E-state index contributed by atoms with van der Waals surface area (Å²) >= 11 is 1.97. The molecule has 1 aromatic rings. The largest absolute Gasteiger partial charge is 0.379 e. The maximum absolute atomic E-state index is 12.9. The van der Waals surface area contributed by atoms with Crippen molar-refractivity contribution in [1.29, 1.82) is 0 Å². The van der Waals surface area contributed by atoms with Gasteiger partial charge in [0.25, 0.3) is 0 Å². The fourth-order valence-electron chi connectivity index (χ4n) is 3.26. The smallest absolute Gasteiger partial charge is 0.242 e. The SMILES string of the molecule is O=C(NCCN1CCOCC1)C(c1ccccc1)N1CCSCC1. The average Bonchev–Trinajstić information content (AvgIpc) is 2.65. The van der Waals surface area contributed by atoms with Crippen LogP contribution in [0.2, 0.25) is 0 Å². The van der Waals surface area contributed by atoms with Gasteiger partial charge in [0.1, 0.15) is 6.04 Å². The van der Waals surface area contributed by atoms with Gasteiger partial charge >= 0.3 is 0 Å². The highest BCUT2D eigenvalue weighted by Gasteiger charge is 2.28. The van der Waals surface area contributed by atoms with Gasteiger partial charge in [0.15, 0.2) is 0 Å². The van der Waals surface area contributed by atoms with Crippen LogP contribution in [0.1, 0.15) is 11.6 Å². The zero-order chi connectivity index (χ0) is 16.6. The number of hydrogen-bond donors (Lipinski definition) is 1. The van der Waals surface area contributed by atoms with Crippen LogP contribution in [0, 0.1) is 0 Å². The number of nitrogens with zero attached hydrogens (tertiary/aromatic N) is 2. The predicted molar refractivity (Wildman–Crippen MR) is 98.3 cm³/mol. The molecule has 2 heterocycles. The fourth-order valence-corrected chi connectivity index (χ4v) is 4.19. The zero-order valence-electron chi connectivity index (χ0n) is 14.2. The molecule has 24 heavy (non-hydrogen) atoms. The van der Waals surface area contributed by atoms with Crippen molar-refractivity contribution in [2.45, 2.75) is 6.04 Å². The Hall–Kier alpha value is -1.08. The van der Waals surface area contributed by atoms with E-state index in [0.717, 1.165) is 63.0 Å². The zero-order valence-corrected chi connectivity index (χ0v) is 15.0. The molecule has 1 aromatic carbocycles. The van der Waals surface area contributed by atoms with Gasteiger partial charge in [-0.25, -0.2) is 0 Å². The Labute approximate surface area is 148 Å². The minimum atomic E-state index is -0.170. The Morgan fingerprint density at radius 2 is 1.83 bits per heavy atom. The first-order chi connectivity index (χ1) is 11.8. The summed E-state index contributed by atoms with van der Waals surface area (Å²) in [4.78, 5) is 17.5. The van der Waals surface area contributed by atoms with E-state index in [-0.39, 0.29) is 11.9 Å². The van der Waals surface area contributed by atoms with E-state index in [1.165, 1.54) is 0 Å². The molecule has 1 atom stereocenters. The van der Waals surface area contributed by atoms with E-state index in [0.29, 0.717) is 6.54 Å². The lowest BCUT2D eigenvalue weighted by molar-refractivity contribution is -0.126. The van der Waals surface area contributed by atoms with E-state index in [4.69, 9.17) is 4.74 Å². The molecule has 2 saturated heterocycles. The second-order valence-electron chi connectivity index (χ2n) is 6.21. The molecule has 0 aromatic heterocycles. The Kier molecular flexibility index (Phi) is 6.96. The van der Waals surface area contributed by atoms with Crippen molar-refractivity contribution in [3.05, 3.63) is 35.9 Å². The number of benzene rings is 1. The van der Waals surface area contributed by atoms with Crippen molar-refractivity contribution < 1.29 is 9.53 Å². The lowest BCUT2D eigenvalue weighted by Gasteiger charge is -2.34. The van der Waals surface area contributed by atoms with Gasteiger partial charge in [-0.05, 0) is 5.56 Å². The van der Waals surface area contributed by atoms with Gasteiger partial charge < -0.3 is 10.1 Å². The van der Waals surface area contributed by atoms with Crippen LogP contribution in [0.25, 0.3) is 0 Å². The van der Waals surface area contributed by atoms with Crippen LogP contribution in [-0.4, -0.2) is 79.7 Å². The first-order valence-corrected chi connectivity index (χ1v) is 9.94. The highest BCUT2D eigenvalue weighted by Crippen LogP contribution is 2.24. The molecule has 3 rings (SSSR count). The highest BCUT2D eigenvalue weighted by molar-refractivity contribution is 7.99. The van der Waals surface area contributed by atoms with Crippen LogP contribution in [-0.2, 0) is 9.53 Å². The summed E-state index contributed by atoms with van der Waals surface area (Å²) in [5, 5.41) is 3.16. The van der Waals surface area contributed by atoms with Crippen molar-refractivity contribution >= 4 is 17.7 Å². The van der Waals surface area contributed by atoms with Crippen LogP contribution in [0.3, 0.4) is 0 Å². The maximum Gasteiger partial charge on any atom is 0.242 e. The summed E-state index contributed by atoms with van der Waals surface area (Å²) in [6, 6.07) is 9.99. The number of carbonyl (C=O) groups excluding carboxylic acids is 1. The summed E-state index contributed by atoms with van der Waals surface area (Å²) < 4.78 is 5.36. The number of ether oxygens (including phenoxy) is 1. The molecule has 2 aliphatic heterocycles. The van der Waals surface area contributed by atoms with Crippen molar-refractivity contribution in [1.82, 2.24) is 15.1 Å². The van der Waals surface area contributed by atoms with Crippen LogP contribution in [0.4, 0.5) is 0 Å². The number of amides is 1. The molecule has 1 amide bonds. The molecule has 5 nitrogen and oxygen atoms in total. The Balaban J connectivity index is 1.58. The van der Waals surface area contributed by atoms with Crippen molar-refractivity contribution in [2.75, 3.05) is 64.0 Å². The molecular formula is C18H27N3O2S. The number of carbonyl (C=O) groups is 1. The topological polar surface area (TPSA) is 44.8 Å². The first-order valence-electron chi connectivity index (χ1n) is 8.79. The number of hydrogen-bond acceptors (Lipinski definition) is 5. The Bertz CT molecular complexity index is 502. The molecule has 1 N–H and O–H groups in total. The van der Waals surface area contributed by atoms with Crippen molar-refractivity contribution in [3.8, 4) is 0 Å². The number of rotatable bonds is 6. The molecule has 0 saturated carbocycles. The third-order valence-corrected chi connectivity index (χ3v) is 5.55. The van der Waals surface area contributed by atoms with Crippen molar-refractivity contribution in [3.63, 3.8) is 0 Å². The van der Waals surface area contributed by atoms with E-state index in [1.807, 2.05) is 30.0 Å². The average molecular weight is 350 g/mol. The number of nitrogens with one attached hydrogen (secondary N) is 1. The van der Waals surface area contributed by atoms with Crippen molar-refractivity contribution in [2.24, 2.45) is 0 Å². The molecule has 0 bridgehead atoms. The fraction of sp³-hybridized carbons (Fsp3) is 0.611. The molecule has 132 valence electrons. The third-order valence-electron chi connectivity index (χ3n) is 4.61. The van der Waals surface area contributed by atoms with E-state index >= 15 is 0 Å². The van der Waals surface area contributed by atoms with E-state index < -0.39 is 0 Å². The monoisotopic (exact) mass is 349 g/mol. The van der Waals surface area contributed by atoms with Gasteiger partial charge in [-0.15, -0.1) is 0 Å². The van der Waals surface area contributed by atoms with Crippen LogP contribution < -0.4 is 5.32 Å². The maximum atomic E-state index is 12.9.